The molecule has 0 radical (unpaired) electrons. The first-order chi connectivity index (χ1) is 14.5. The monoisotopic (exact) mass is 440 g/mol. The van der Waals surface area contributed by atoms with Crippen molar-refractivity contribution in [3.05, 3.63) is 102 Å². The van der Waals surface area contributed by atoms with Gasteiger partial charge in [-0.2, -0.15) is 0 Å². The van der Waals surface area contributed by atoms with Crippen molar-refractivity contribution in [1.82, 2.24) is 4.57 Å². The number of aromatic nitrogens is 1. The Morgan fingerprint density at radius 3 is 2.77 bits per heavy atom. The summed E-state index contributed by atoms with van der Waals surface area (Å²) in [6.45, 7) is 5.38. The molecule has 1 aromatic carbocycles. The van der Waals surface area contributed by atoms with E-state index in [2.05, 4.69) is 11.6 Å². The number of hydrogen-bond acceptors (Lipinski definition) is 6. The lowest BCUT2D eigenvalue weighted by molar-refractivity contribution is -0.138. The molecule has 3 heterocycles. The number of esters is 1. The van der Waals surface area contributed by atoms with Gasteiger partial charge in [0.25, 0.3) is 5.56 Å². The number of allylic oxidation sites excluding steroid dienone is 1. The minimum atomic E-state index is -0.617. The maximum atomic E-state index is 13.3. The standard InChI is InChI=1S/C22H17FN2O3S2/c1-3-10-28-21(27)18-13(2)24-22-25(19(18)16-5-4-11-29-16)20(26)17(30-22)12-14-6-8-15(23)9-7-14/h3-9,11-12,19H,1,10H2,2H3/b17-12+. The average Bonchev–Trinajstić information content (AvgIpc) is 3.36. The molecular formula is C22H17FN2O3S2. The zero-order valence-corrected chi connectivity index (χ0v) is 17.6. The highest BCUT2D eigenvalue weighted by Gasteiger charge is 2.33. The van der Waals surface area contributed by atoms with Gasteiger partial charge >= 0.3 is 5.97 Å². The van der Waals surface area contributed by atoms with Crippen LogP contribution in [0.25, 0.3) is 6.08 Å². The normalized spacial score (nSPS) is 16.2. The summed E-state index contributed by atoms with van der Waals surface area (Å²) in [6.07, 6.45) is 3.19. The van der Waals surface area contributed by atoms with Crippen LogP contribution in [-0.2, 0) is 9.53 Å². The topological polar surface area (TPSA) is 60.7 Å². The smallest absolute Gasteiger partial charge is 0.338 e. The lowest BCUT2D eigenvalue weighted by Crippen LogP contribution is -2.39. The molecular weight excluding hydrogens is 423 g/mol. The van der Waals surface area contributed by atoms with Gasteiger partial charge in [0.2, 0.25) is 0 Å². The van der Waals surface area contributed by atoms with Crippen LogP contribution in [0.3, 0.4) is 0 Å². The molecule has 0 N–H and O–H groups in total. The van der Waals surface area contributed by atoms with Gasteiger partial charge in [0, 0.05) is 4.88 Å². The molecule has 0 saturated heterocycles. The summed E-state index contributed by atoms with van der Waals surface area (Å²) in [6, 6.07) is 9.03. The van der Waals surface area contributed by atoms with Crippen molar-refractivity contribution < 1.29 is 13.9 Å². The molecule has 0 spiro atoms. The van der Waals surface area contributed by atoms with Crippen molar-refractivity contribution >= 4 is 34.7 Å². The van der Waals surface area contributed by atoms with E-state index in [1.54, 1.807) is 25.1 Å². The summed E-state index contributed by atoms with van der Waals surface area (Å²) in [5, 5.41) is 1.89. The zero-order valence-electron chi connectivity index (χ0n) is 16.0. The third-order valence-electron chi connectivity index (χ3n) is 4.55. The van der Waals surface area contributed by atoms with Gasteiger partial charge in [-0.25, -0.2) is 14.2 Å². The molecule has 5 nitrogen and oxygen atoms in total. The molecule has 1 unspecified atom stereocenters. The van der Waals surface area contributed by atoms with Gasteiger partial charge in [-0.1, -0.05) is 42.2 Å². The predicted molar refractivity (Wildman–Crippen MR) is 116 cm³/mol. The van der Waals surface area contributed by atoms with Crippen molar-refractivity contribution in [1.29, 1.82) is 0 Å². The Morgan fingerprint density at radius 2 is 2.10 bits per heavy atom. The molecule has 0 bridgehead atoms. The largest absolute Gasteiger partial charge is 0.458 e. The fraction of sp³-hybridized carbons (Fsp3) is 0.136. The SMILES string of the molecule is C=CCOC(=O)C1=C(C)N=c2s/c(=C/c3ccc(F)cc3)c(=O)n2C1c1cccs1. The second-order valence-corrected chi connectivity index (χ2v) is 8.52. The number of thiophene rings is 1. The van der Waals surface area contributed by atoms with Crippen molar-refractivity contribution in [2.24, 2.45) is 4.99 Å². The number of hydrogen-bond donors (Lipinski definition) is 0. The zero-order chi connectivity index (χ0) is 21.3. The van der Waals surface area contributed by atoms with Gasteiger partial charge < -0.3 is 4.74 Å². The highest BCUT2D eigenvalue weighted by molar-refractivity contribution is 7.10. The molecule has 0 saturated carbocycles. The van der Waals surface area contributed by atoms with Crippen LogP contribution < -0.4 is 14.9 Å². The van der Waals surface area contributed by atoms with Crippen LogP contribution in [0.2, 0.25) is 0 Å². The third kappa shape index (κ3) is 3.71. The molecule has 1 atom stereocenters. The molecule has 0 aliphatic carbocycles. The van der Waals surface area contributed by atoms with Crippen molar-refractivity contribution in [3.8, 4) is 0 Å². The number of fused-ring (bicyclic) bond motifs is 1. The van der Waals surface area contributed by atoms with Crippen molar-refractivity contribution in [2.75, 3.05) is 6.61 Å². The van der Waals surface area contributed by atoms with Gasteiger partial charge in [-0.3, -0.25) is 9.36 Å². The fourth-order valence-corrected chi connectivity index (χ4v) is 5.09. The van der Waals surface area contributed by atoms with Crippen LogP contribution in [0.1, 0.15) is 23.4 Å². The van der Waals surface area contributed by atoms with Gasteiger partial charge in [-0.15, -0.1) is 11.3 Å². The molecule has 0 amide bonds. The van der Waals surface area contributed by atoms with E-state index in [4.69, 9.17) is 4.74 Å². The number of halogens is 1. The van der Waals surface area contributed by atoms with Gasteiger partial charge in [0.05, 0.1) is 15.8 Å². The van der Waals surface area contributed by atoms with E-state index in [-0.39, 0.29) is 18.0 Å². The number of carbonyl (C=O) groups excluding carboxylic acids is 1. The Bertz CT molecular complexity index is 1320. The summed E-state index contributed by atoms with van der Waals surface area (Å²) < 4.78 is 20.5. The maximum absolute atomic E-state index is 13.3. The molecule has 2 aromatic heterocycles. The Morgan fingerprint density at radius 1 is 1.33 bits per heavy atom. The van der Waals surface area contributed by atoms with Crippen LogP contribution in [0, 0.1) is 5.82 Å². The lowest BCUT2D eigenvalue weighted by Gasteiger charge is -2.23. The van der Waals surface area contributed by atoms with E-state index >= 15 is 0 Å². The first kappa shape index (κ1) is 20.2. The minimum Gasteiger partial charge on any atom is -0.458 e. The number of ether oxygens (including phenoxy) is 1. The number of carbonyl (C=O) groups is 1. The van der Waals surface area contributed by atoms with E-state index in [0.717, 1.165) is 4.88 Å². The predicted octanol–water partition coefficient (Wildman–Crippen LogP) is 3.17. The second kappa shape index (κ2) is 8.33. The van der Waals surface area contributed by atoms with E-state index in [0.29, 0.717) is 26.2 Å². The maximum Gasteiger partial charge on any atom is 0.338 e. The van der Waals surface area contributed by atoms with Crippen LogP contribution in [-0.4, -0.2) is 17.1 Å². The average molecular weight is 441 g/mol. The Balaban J connectivity index is 1.90. The van der Waals surface area contributed by atoms with Crippen LogP contribution in [0.15, 0.2) is 75.5 Å². The van der Waals surface area contributed by atoms with Crippen LogP contribution in [0.4, 0.5) is 4.39 Å². The summed E-state index contributed by atoms with van der Waals surface area (Å²) in [5.41, 5.74) is 1.29. The van der Waals surface area contributed by atoms with E-state index in [1.807, 2.05) is 17.5 Å². The van der Waals surface area contributed by atoms with Crippen molar-refractivity contribution in [2.45, 2.75) is 13.0 Å². The van der Waals surface area contributed by atoms with Crippen LogP contribution in [0.5, 0.6) is 0 Å². The number of nitrogens with zero attached hydrogens (tertiary/aromatic N) is 2. The molecule has 1 aliphatic heterocycles. The number of rotatable bonds is 5. The quantitative estimate of drug-likeness (QED) is 0.452. The summed E-state index contributed by atoms with van der Waals surface area (Å²) in [5.74, 6) is -0.869. The first-order valence-corrected chi connectivity index (χ1v) is 10.8. The molecule has 152 valence electrons. The highest BCUT2D eigenvalue weighted by atomic mass is 32.1. The van der Waals surface area contributed by atoms with E-state index in [9.17, 15) is 14.0 Å². The summed E-state index contributed by atoms with van der Waals surface area (Å²) >= 11 is 2.69. The molecule has 3 aromatic rings. The minimum absolute atomic E-state index is 0.0712. The summed E-state index contributed by atoms with van der Waals surface area (Å²) in [4.78, 5) is 31.9. The molecule has 8 heteroatoms. The Kier molecular flexibility index (Phi) is 5.61. The van der Waals surface area contributed by atoms with E-state index < -0.39 is 12.0 Å². The number of thiazole rings is 1. The fourth-order valence-electron chi connectivity index (χ4n) is 3.22. The molecule has 1 aliphatic rings. The van der Waals surface area contributed by atoms with Gasteiger partial charge in [0.15, 0.2) is 4.80 Å². The summed E-state index contributed by atoms with van der Waals surface area (Å²) in [7, 11) is 0. The first-order valence-electron chi connectivity index (χ1n) is 9.09. The molecule has 4 rings (SSSR count). The van der Waals surface area contributed by atoms with E-state index in [1.165, 1.54) is 45.4 Å². The Hall–Kier alpha value is -3.10. The highest BCUT2D eigenvalue weighted by Crippen LogP contribution is 2.33. The Labute approximate surface area is 179 Å². The van der Waals surface area contributed by atoms with Crippen LogP contribution >= 0.6 is 22.7 Å². The third-order valence-corrected chi connectivity index (χ3v) is 6.46. The van der Waals surface area contributed by atoms with Crippen molar-refractivity contribution in [3.63, 3.8) is 0 Å². The van der Waals surface area contributed by atoms with Gasteiger partial charge in [-0.05, 0) is 42.1 Å². The molecule has 0 fully saturated rings. The van der Waals surface area contributed by atoms with Gasteiger partial charge in [0.1, 0.15) is 18.5 Å². The lowest BCUT2D eigenvalue weighted by atomic mass is 10.0. The second-order valence-electron chi connectivity index (χ2n) is 6.54. The number of benzene rings is 1. The molecule has 30 heavy (non-hydrogen) atoms.